The number of rotatable bonds is 3. The van der Waals surface area contributed by atoms with Crippen molar-refractivity contribution in [3.63, 3.8) is 0 Å². The number of nitrogens with one attached hydrogen (secondary N) is 1. The number of aromatic nitrogens is 2. The normalized spacial score (nSPS) is 14.3. The SMILES string of the molecule is COc1cc2c(cc1Nc1ncc3c(N)cccc3n1)CN(C)CC2. The first-order valence-corrected chi connectivity index (χ1v) is 8.30. The predicted molar refractivity (Wildman–Crippen MR) is 100 cm³/mol. The predicted octanol–water partition coefficient (Wildman–Crippen LogP) is 2.95. The number of nitrogens with two attached hydrogens (primary N) is 1. The van der Waals surface area contributed by atoms with E-state index in [2.05, 4.69) is 39.4 Å². The van der Waals surface area contributed by atoms with E-state index in [1.54, 1.807) is 13.3 Å². The summed E-state index contributed by atoms with van der Waals surface area (Å²) < 4.78 is 5.57. The Morgan fingerprint density at radius 3 is 2.96 bits per heavy atom. The van der Waals surface area contributed by atoms with E-state index < -0.39 is 0 Å². The van der Waals surface area contributed by atoms with Gasteiger partial charge in [0, 0.05) is 30.4 Å². The number of nitrogen functional groups attached to an aromatic ring is 1. The molecule has 1 aliphatic heterocycles. The van der Waals surface area contributed by atoms with E-state index in [1.165, 1.54) is 11.1 Å². The third kappa shape index (κ3) is 2.96. The van der Waals surface area contributed by atoms with Crippen molar-refractivity contribution < 1.29 is 4.74 Å². The molecule has 0 unspecified atom stereocenters. The molecule has 0 aliphatic carbocycles. The molecule has 3 aromatic rings. The molecule has 0 saturated heterocycles. The molecular formula is C19H21N5O. The van der Waals surface area contributed by atoms with Gasteiger partial charge in [-0.1, -0.05) is 6.07 Å². The van der Waals surface area contributed by atoms with Crippen LogP contribution in [0.4, 0.5) is 17.3 Å². The fraction of sp³-hybridized carbons (Fsp3) is 0.263. The summed E-state index contributed by atoms with van der Waals surface area (Å²) in [7, 11) is 3.82. The van der Waals surface area contributed by atoms with E-state index in [-0.39, 0.29) is 0 Å². The summed E-state index contributed by atoms with van der Waals surface area (Å²) in [5, 5.41) is 4.15. The maximum absolute atomic E-state index is 5.97. The molecule has 1 aliphatic rings. The first-order valence-electron chi connectivity index (χ1n) is 8.30. The Labute approximate surface area is 146 Å². The molecule has 0 bridgehead atoms. The van der Waals surface area contributed by atoms with Crippen molar-refractivity contribution in [2.75, 3.05) is 31.8 Å². The zero-order chi connectivity index (χ0) is 17.4. The number of nitrogens with zero attached hydrogens (tertiary/aromatic N) is 3. The fourth-order valence-corrected chi connectivity index (χ4v) is 3.25. The highest BCUT2D eigenvalue weighted by Crippen LogP contribution is 2.33. The number of methoxy groups -OCH3 is 1. The number of anilines is 3. The summed E-state index contributed by atoms with van der Waals surface area (Å²) >= 11 is 0. The smallest absolute Gasteiger partial charge is 0.227 e. The summed E-state index contributed by atoms with van der Waals surface area (Å²) in [6, 6.07) is 9.92. The quantitative estimate of drug-likeness (QED) is 0.717. The van der Waals surface area contributed by atoms with Crippen LogP contribution in [-0.4, -0.2) is 35.6 Å². The van der Waals surface area contributed by atoms with Crippen LogP contribution in [0.5, 0.6) is 5.75 Å². The molecule has 0 amide bonds. The third-order valence-electron chi connectivity index (χ3n) is 4.63. The summed E-state index contributed by atoms with van der Waals surface area (Å²) in [4.78, 5) is 11.3. The van der Waals surface area contributed by atoms with Gasteiger partial charge in [0.2, 0.25) is 5.95 Å². The van der Waals surface area contributed by atoms with Crippen LogP contribution in [0.2, 0.25) is 0 Å². The highest BCUT2D eigenvalue weighted by atomic mass is 16.5. The average molecular weight is 335 g/mol. The zero-order valence-electron chi connectivity index (χ0n) is 14.4. The maximum Gasteiger partial charge on any atom is 0.227 e. The topological polar surface area (TPSA) is 76.3 Å². The van der Waals surface area contributed by atoms with Gasteiger partial charge < -0.3 is 20.7 Å². The van der Waals surface area contributed by atoms with Crippen LogP contribution < -0.4 is 15.8 Å². The first kappa shape index (κ1) is 15.7. The van der Waals surface area contributed by atoms with Crippen LogP contribution in [0.25, 0.3) is 10.9 Å². The lowest BCUT2D eigenvalue weighted by Gasteiger charge is -2.26. The van der Waals surface area contributed by atoms with E-state index in [0.29, 0.717) is 11.6 Å². The molecule has 0 atom stereocenters. The summed E-state index contributed by atoms with van der Waals surface area (Å²) in [5.74, 6) is 1.33. The molecule has 25 heavy (non-hydrogen) atoms. The molecule has 6 nitrogen and oxygen atoms in total. The number of hydrogen-bond acceptors (Lipinski definition) is 6. The number of benzene rings is 2. The van der Waals surface area contributed by atoms with E-state index in [4.69, 9.17) is 10.5 Å². The Balaban J connectivity index is 1.71. The molecule has 3 N–H and O–H groups in total. The lowest BCUT2D eigenvalue weighted by Crippen LogP contribution is -2.26. The minimum absolute atomic E-state index is 0.528. The Morgan fingerprint density at radius 1 is 1.24 bits per heavy atom. The van der Waals surface area contributed by atoms with Gasteiger partial charge in [-0.25, -0.2) is 9.97 Å². The lowest BCUT2D eigenvalue weighted by molar-refractivity contribution is 0.312. The minimum atomic E-state index is 0.528. The molecule has 0 fully saturated rings. The second-order valence-electron chi connectivity index (χ2n) is 6.41. The van der Waals surface area contributed by atoms with Gasteiger partial charge in [-0.05, 0) is 48.9 Å². The first-order chi connectivity index (χ1) is 12.1. The molecule has 4 rings (SSSR count). The molecule has 1 aromatic heterocycles. The Kier molecular flexibility index (Phi) is 3.89. The molecule has 0 spiro atoms. The fourth-order valence-electron chi connectivity index (χ4n) is 3.25. The standard InChI is InChI=1S/C19H21N5O/c1-24-7-6-12-9-18(25-2)17(8-13(12)11-24)23-19-21-10-14-15(20)4-3-5-16(14)22-19/h3-5,8-10H,6-7,11,20H2,1-2H3,(H,21,22,23). The van der Waals surface area contributed by atoms with Crippen LogP contribution in [0, 0.1) is 0 Å². The van der Waals surface area contributed by atoms with Crippen molar-refractivity contribution in [1.29, 1.82) is 0 Å². The number of likely N-dealkylation sites (N-methyl/N-ethyl adjacent to an activating group) is 1. The number of ether oxygens (including phenoxy) is 1. The van der Waals surface area contributed by atoms with Crippen molar-refractivity contribution in [3.8, 4) is 5.75 Å². The van der Waals surface area contributed by atoms with Crippen LogP contribution >= 0.6 is 0 Å². The van der Waals surface area contributed by atoms with E-state index in [1.807, 2.05) is 18.2 Å². The van der Waals surface area contributed by atoms with E-state index in [9.17, 15) is 0 Å². The average Bonchev–Trinajstić information content (AvgIpc) is 2.61. The zero-order valence-corrected chi connectivity index (χ0v) is 14.4. The van der Waals surface area contributed by atoms with Gasteiger partial charge in [0.05, 0.1) is 18.3 Å². The Bertz CT molecular complexity index is 940. The molecule has 6 heteroatoms. The molecule has 2 aromatic carbocycles. The van der Waals surface area contributed by atoms with Crippen molar-refractivity contribution in [2.45, 2.75) is 13.0 Å². The van der Waals surface area contributed by atoms with Gasteiger partial charge in [-0.3, -0.25) is 0 Å². The van der Waals surface area contributed by atoms with Crippen LogP contribution in [0.15, 0.2) is 36.5 Å². The van der Waals surface area contributed by atoms with Gasteiger partial charge in [0.25, 0.3) is 0 Å². The Hall–Kier alpha value is -2.86. The lowest BCUT2D eigenvalue weighted by atomic mass is 9.99. The second kappa shape index (κ2) is 6.22. The van der Waals surface area contributed by atoms with Crippen LogP contribution in [0.3, 0.4) is 0 Å². The summed E-state index contributed by atoms with van der Waals surface area (Å²) in [6.07, 6.45) is 2.78. The molecular weight excluding hydrogens is 314 g/mol. The highest BCUT2D eigenvalue weighted by molar-refractivity contribution is 5.90. The maximum atomic E-state index is 5.97. The Morgan fingerprint density at radius 2 is 2.12 bits per heavy atom. The monoisotopic (exact) mass is 335 g/mol. The summed E-state index contributed by atoms with van der Waals surface area (Å²) in [5.41, 5.74) is 11.0. The minimum Gasteiger partial charge on any atom is -0.495 e. The van der Waals surface area contributed by atoms with Gasteiger partial charge in [-0.15, -0.1) is 0 Å². The number of fused-ring (bicyclic) bond motifs is 2. The van der Waals surface area contributed by atoms with Crippen molar-refractivity contribution in [2.24, 2.45) is 0 Å². The van der Waals surface area contributed by atoms with E-state index in [0.717, 1.165) is 41.9 Å². The van der Waals surface area contributed by atoms with Crippen molar-refractivity contribution >= 4 is 28.2 Å². The number of hydrogen-bond donors (Lipinski definition) is 2. The van der Waals surface area contributed by atoms with Gasteiger partial charge in [-0.2, -0.15) is 0 Å². The molecule has 0 saturated carbocycles. The molecule has 128 valence electrons. The molecule has 2 heterocycles. The van der Waals surface area contributed by atoms with Gasteiger partial charge in [0.15, 0.2) is 0 Å². The molecule has 0 radical (unpaired) electrons. The van der Waals surface area contributed by atoms with Crippen molar-refractivity contribution in [1.82, 2.24) is 14.9 Å². The van der Waals surface area contributed by atoms with Gasteiger partial charge in [0.1, 0.15) is 5.75 Å². The third-order valence-corrected chi connectivity index (χ3v) is 4.63. The van der Waals surface area contributed by atoms with Crippen molar-refractivity contribution in [3.05, 3.63) is 47.7 Å². The largest absolute Gasteiger partial charge is 0.495 e. The van der Waals surface area contributed by atoms with Crippen LogP contribution in [0.1, 0.15) is 11.1 Å². The van der Waals surface area contributed by atoms with E-state index >= 15 is 0 Å². The second-order valence-corrected chi connectivity index (χ2v) is 6.41. The summed E-state index contributed by atoms with van der Waals surface area (Å²) in [6.45, 7) is 2.00. The highest BCUT2D eigenvalue weighted by Gasteiger charge is 2.17. The van der Waals surface area contributed by atoms with Gasteiger partial charge >= 0.3 is 0 Å². The van der Waals surface area contributed by atoms with Crippen LogP contribution in [-0.2, 0) is 13.0 Å².